The standard InChI is InChI=1S/C12H20N2S/c1-8(2)10(4)15-12-7-11(9(3)13)5-6-14-12/h5-10H,13H2,1-4H3/t9-,10?/m1/s1. The van der Waals surface area contributed by atoms with Gasteiger partial charge in [0.15, 0.2) is 0 Å². The first-order chi connectivity index (χ1) is 7.00. The van der Waals surface area contributed by atoms with Crippen LogP contribution in [0.2, 0.25) is 0 Å². The Balaban J connectivity index is 2.73. The molecule has 15 heavy (non-hydrogen) atoms. The predicted molar refractivity (Wildman–Crippen MR) is 67.0 cm³/mol. The molecule has 0 aliphatic rings. The molecule has 3 heteroatoms. The van der Waals surface area contributed by atoms with Crippen LogP contribution in [-0.4, -0.2) is 10.2 Å². The summed E-state index contributed by atoms with van der Waals surface area (Å²) in [7, 11) is 0. The topological polar surface area (TPSA) is 38.9 Å². The minimum absolute atomic E-state index is 0.0849. The van der Waals surface area contributed by atoms with Crippen molar-refractivity contribution in [3.63, 3.8) is 0 Å². The summed E-state index contributed by atoms with van der Waals surface area (Å²) in [5.41, 5.74) is 6.99. The predicted octanol–water partition coefficient (Wildman–Crippen LogP) is 3.24. The van der Waals surface area contributed by atoms with Gasteiger partial charge in [0.05, 0.1) is 5.03 Å². The van der Waals surface area contributed by atoms with Gasteiger partial charge >= 0.3 is 0 Å². The molecule has 0 aromatic carbocycles. The zero-order valence-corrected chi connectivity index (χ0v) is 10.7. The maximum absolute atomic E-state index is 5.84. The number of thioether (sulfide) groups is 1. The molecular formula is C12H20N2S. The van der Waals surface area contributed by atoms with Gasteiger partial charge in [-0.25, -0.2) is 4.98 Å². The van der Waals surface area contributed by atoms with Crippen molar-refractivity contribution in [3.05, 3.63) is 23.9 Å². The van der Waals surface area contributed by atoms with E-state index in [1.807, 2.05) is 30.9 Å². The maximum Gasteiger partial charge on any atom is 0.0965 e. The Bertz CT molecular complexity index is 310. The number of nitrogens with zero attached hydrogens (tertiary/aromatic N) is 1. The van der Waals surface area contributed by atoms with Crippen LogP contribution in [0.3, 0.4) is 0 Å². The van der Waals surface area contributed by atoms with Crippen LogP contribution in [0, 0.1) is 5.92 Å². The Morgan fingerprint density at radius 3 is 2.47 bits per heavy atom. The number of hydrogen-bond acceptors (Lipinski definition) is 3. The molecule has 1 unspecified atom stereocenters. The molecule has 0 radical (unpaired) electrons. The van der Waals surface area contributed by atoms with Crippen LogP contribution >= 0.6 is 11.8 Å². The molecule has 0 saturated carbocycles. The van der Waals surface area contributed by atoms with Gasteiger partial charge in [-0.3, -0.25) is 0 Å². The first-order valence-electron chi connectivity index (χ1n) is 5.39. The summed E-state index contributed by atoms with van der Waals surface area (Å²) in [5.74, 6) is 0.663. The second-order valence-electron chi connectivity index (χ2n) is 4.28. The zero-order valence-electron chi connectivity index (χ0n) is 9.90. The van der Waals surface area contributed by atoms with Crippen LogP contribution in [0.4, 0.5) is 0 Å². The highest BCUT2D eigenvalue weighted by molar-refractivity contribution is 7.99. The number of pyridine rings is 1. The van der Waals surface area contributed by atoms with Crippen LogP contribution in [0.5, 0.6) is 0 Å². The fourth-order valence-corrected chi connectivity index (χ4v) is 2.08. The molecule has 0 aliphatic heterocycles. The van der Waals surface area contributed by atoms with E-state index in [-0.39, 0.29) is 6.04 Å². The van der Waals surface area contributed by atoms with Gasteiger partial charge in [0, 0.05) is 17.5 Å². The molecular weight excluding hydrogens is 204 g/mol. The van der Waals surface area contributed by atoms with E-state index < -0.39 is 0 Å². The Hall–Kier alpha value is -0.540. The molecule has 0 fully saturated rings. The molecule has 84 valence electrons. The molecule has 2 nitrogen and oxygen atoms in total. The lowest BCUT2D eigenvalue weighted by atomic mass is 10.1. The van der Waals surface area contributed by atoms with Crippen molar-refractivity contribution in [3.8, 4) is 0 Å². The van der Waals surface area contributed by atoms with E-state index in [1.165, 1.54) is 0 Å². The van der Waals surface area contributed by atoms with Crippen LogP contribution in [-0.2, 0) is 0 Å². The quantitative estimate of drug-likeness (QED) is 0.798. The molecule has 2 atom stereocenters. The van der Waals surface area contributed by atoms with Gasteiger partial charge in [-0.1, -0.05) is 20.8 Å². The smallest absolute Gasteiger partial charge is 0.0965 e. The SMILES string of the molecule is CC(C)C(C)Sc1cc([C@@H](C)N)ccn1. The van der Waals surface area contributed by atoms with Gasteiger partial charge in [-0.15, -0.1) is 11.8 Å². The summed E-state index contributed by atoms with van der Waals surface area (Å²) in [6.07, 6.45) is 1.84. The van der Waals surface area contributed by atoms with Gasteiger partial charge < -0.3 is 5.73 Å². The van der Waals surface area contributed by atoms with Crippen molar-refractivity contribution in [2.24, 2.45) is 11.7 Å². The molecule has 1 aromatic heterocycles. The lowest BCUT2D eigenvalue weighted by Crippen LogP contribution is -2.07. The van der Waals surface area contributed by atoms with E-state index in [0.29, 0.717) is 11.2 Å². The fourth-order valence-electron chi connectivity index (χ4n) is 1.10. The Kier molecular flexibility index (Phi) is 4.61. The highest BCUT2D eigenvalue weighted by Gasteiger charge is 2.10. The van der Waals surface area contributed by atoms with Crippen molar-refractivity contribution in [2.75, 3.05) is 0 Å². The lowest BCUT2D eigenvalue weighted by Gasteiger charge is -2.15. The highest BCUT2D eigenvalue weighted by atomic mass is 32.2. The van der Waals surface area contributed by atoms with Gasteiger partial charge in [0.2, 0.25) is 0 Å². The van der Waals surface area contributed by atoms with Gasteiger partial charge in [0.25, 0.3) is 0 Å². The molecule has 1 aromatic rings. The number of rotatable bonds is 4. The monoisotopic (exact) mass is 224 g/mol. The molecule has 0 bridgehead atoms. The average molecular weight is 224 g/mol. The molecule has 0 spiro atoms. The Morgan fingerprint density at radius 1 is 1.27 bits per heavy atom. The van der Waals surface area contributed by atoms with Crippen LogP contribution < -0.4 is 5.73 Å². The van der Waals surface area contributed by atoms with Crippen molar-refractivity contribution in [2.45, 2.75) is 44.0 Å². The number of hydrogen-bond donors (Lipinski definition) is 1. The highest BCUT2D eigenvalue weighted by Crippen LogP contribution is 2.27. The number of aromatic nitrogens is 1. The largest absolute Gasteiger partial charge is 0.324 e. The fraction of sp³-hybridized carbons (Fsp3) is 0.583. The van der Waals surface area contributed by atoms with E-state index in [4.69, 9.17) is 5.73 Å². The van der Waals surface area contributed by atoms with Crippen molar-refractivity contribution in [1.82, 2.24) is 4.98 Å². The molecule has 2 N–H and O–H groups in total. The molecule has 0 amide bonds. The van der Waals surface area contributed by atoms with E-state index in [0.717, 1.165) is 10.6 Å². The van der Waals surface area contributed by atoms with Crippen LogP contribution in [0.25, 0.3) is 0 Å². The average Bonchev–Trinajstić information content (AvgIpc) is 2.18. The van der Waals surface area contributed by atoms with Crippen molar-refractivity contribution in [1.29, 1.82) is 0 Å². The second kappa shape index (κ2) is 5.52. The van der Waals surface area contributed by atoms with Gasteiger partial charge in [-0.05, 0) is 30.5 Å². The molecule has 1 heterocycles. The molecule has 0 aliphatic carbocycles. The van der Waals surface area contributed by atoms with E-state index in [2.05, 4.69) is 31.8 Å². The Labute approximate surface area is 96.7 Å². The summed E-state index contributed by atoms with van der Waals surface area (Å²) >= 11 is 1.82. The zero-order chi connectivity index (χ0) is 11.4. The molecule has 0 saturated heterocycles. The van der Waals surface area contributed by atoms with E-state index >= 15 is 0 Å². The third-order valence-corrected chi connectivity index (χ3v) is 3.91. The summed E-state index contributed by atoms with van der Waals surface area (Å²) in [6, 6.07) is 4.16. The van der Waals surface area contributed by atoms with E-state index in [1.54, 1.807) is 0 Å². The second-order valence-corrected chi connectivity index (χ2v) is 5.68. The van der Waals surface area contributed by atoms with Crippen molar-refractivity contribution < 1.29 is 0 Å². The van der Waals surface area contributed by atoms with Gasteiger partial charge in [-0.2, -0.15) is 0 Å². The first-order valence-corrected chi connectivity index (χ1v) is 6.27. The molecule has 1 rings (SSSR count). The maximum atomic E-state index is 5.84. The minimum atomic E-state index is 0.0849. The Morgan fingerprint density at radius 2 is 1.93 bits per heavy atom. The third-order valence-electron chi connectivity index (χ3n) is 2.53. The van der Waals surface area contributed by atoms with Crippen LogP contribution in [0.15, 0.2) is 23.4 Å². The normalized spacial score (nSPS) is 15.3. The summed E-state index contributed by atoms with van der Waals surface area (Å²) in [4.78, 5) is 4.35. The first kappa shape index (κ1) is 12.5. The summed E-state index contributed by atoms with van der Waals surface area (Å²) in [6.45, 7) is 8.69. The minimum Gasteiger partial charge on any atom is -0.324 e. The van der Waals surface area contributed by atoms with Crippen molar-refractivity contribution >= 4 is 11.8 Å². The third kappa shape index (κ3) is 3.84. The lowest BCUT2D eigenvalue weighted by molar-refractivity contribution is 0.641. The van der Waals surface area contributed by atoms with E-state index in [9.17, 15) is 0 Å². The summed E-state index contributed by atoms with van der Waals surface area (Å²) < 4.78 is 0. The number of nitrogens with two attached hydrogens (primary N) is 1. The van der Waals surface area contributed by atoms with Gasteiger partial charge in [0.1, 0.15) is 0 Å². The van der Waals surface area contributed by atoms with Crippen LogP contribution in [0.1, 0.15) is 39.3 Å². The summed E-state index contributed by atoms with van der Waals surface area (Å²) in [5, 5.41) is 1.66.